The van der Waals surface area contributed by atoms with Crippen LogP contribution in [0.5, 0.6) is 0 Å². The predicted molar refractivity (Wildman–Crippen MR) is 94.0 cm³/mol. The summed E-state index contributed by atoms with van der Waals surface area (Å²) in [5, 5.41) is 3.35. The van der Waals surface area contributed by atoms with E-state index in [1.54, 1.807) is 13.2 Å². The average Bonchev–Trinajstić information content (AvgIpc) is 3.12. The van der Waals surface area contributed by atoms with Gasteiger partial charge in [-0.15, -0.1) is 0 Å². The molecule has 1 amide bonds. The van der Waals surface area contributed by atoms with E-state index in [2.05, 4.69) is 21.3 Å². The molecule has 0 aliphatic carbocycles. The summed E-state index contributed by atoms with van der Waals surface area (Å²) >= 11 is 6.11. The second-order valence-corrected chi connectivity index (χ2v) is 6.71. The first kappa shape index (κ1) is 17.0. The van der Waals surface area contributed by atoms with Gasteiger partial charge in [-0.05, 0) is 31.5 Å². The normalized spacial score (nSPS) is 18.8. The molecule has 130 valence electrons. The highest BCUT2D eigenvalue weighted by Gasteiger charge is 2.28. The zero-order valence-electron chi connectivity index (χ0n) is 14.4. The third-order valence-corrected chi connectivity index (χ3v) is 5.30. The van der Waals surface area contributed by atoms with E-state index < -0.39 is 0 Å². The summed E-state index contributed by atoms with van der Waals surface area (Å²) in [6.45, 7) is 1.78. The van der Waals surface area contributed by atoms with E-state index in [4.69, 9.17) is 11.6 Å². The highest BCUT2D eigenvalue weighted by molar-refractivity contribution is 6.29. The number of likely N-dealkylation sites (tertiary alicyclic amines) is 1. The topological polar surface area (TPSA) is 55.1 Å². The van der Waals surface area contributed by atoms with Gasteiger partial charge in [0.15, 0.2) is 0 Å². The fourth-order valence-corrected chi connectivity index (χ4v) is 3.63. The summed E-state index contributed by atoms with van der Waals surface area (Å²) < 4.78 is 3.93. The monoisotopic (exact) mass is 349 g/mol. The Hall–Kier alpha value is -1.79. The van der Waals surface area contributed by atoms with E-state index in [0.29, 0.717) is 10.8 Å². The van der Waals surface area contributed by atoms with Crippen molar-refractivity contribution in [2.45, 2.75) is 31.8 Å². The minimum atomic E-state index is -0.0537. The van der Waals surface area contributed by atoms with Crippen LogP contribution in [0.1, 0.15) is 47.3 Å². The molecule has 1 atom stereocenters. The Bertz CT molecular complexity index is 735. The number of hydrogen-bond donors (Lipinski definition) is 1. The van der Waals surface area contributed by atoms with E-state index in [-0.39, 0.29) is 11.9 Å². The molecule has 1 aliphatic heterocycles. The summed E-state index contributed by atoms with van der Waals surface area (Å²) in [4.78, 5) is 18.8. The first-order chi connectivity index (χ1) is 11.5. The lowest BCUT2D eigenvalue weighted by molar-refractivity contribution is 0.0952. The molecule has 0 radical (unpaired) electrons. The van der Waals surface area contributed by atoms with E-state index in [9.17, 15) is 4.79 Å². The van der Waals surface area contributed by atoms with Crippen LogP contribution in [0, 0.1) is 0 Å². The lowest BCUT2D eigenvalue weighted by Gasteiger charge is -2.35. The molecule has 2 aromatic heterocycles. The summed E-state index contributed by atoms with van der Waals surface area (Å²) in [7, 11) is 5.56. The molecule has 2 aromatic rings. The minimum Gasteiger partial charge on any atom is -0.354 e. The number of carbonyl (C=O) groups excluding carboxylic acids is 1. The first-order valence-corrected chi connectivity index (χ1v) is 8.68. The van der Waals surface area contributed by atoms with Crippen molar-refractivity contribution < 1.29 is 4.79 Å². The summed E-state index contributed by atoms with van der Waals surface area (Å²) in [6, 6.07) is 4.26. The van der Waals surface area contributed by atoms with Crippen molar-refractivity contribution in [1.29, 1.82) is 0 Å². The molecule has 3 heterocycles. The van der Waals surface area contributed by atoms with Gasteiger partial charge >= 0.3 is 0 Å². The Morgan fingerprint density at radius 3 is 2.79 bits per heavy atom. The number of carbonyl (C=O) groups is 1. The Labute approximate surface area is 147 Å². The van der Waals surface area contributed by atoms with Gasteiger partial charge in [0, 0.05) is 26.8 Å². The van der Waals surface area contributed by atoms with Crippen LogP contribution in [-0.4, -0.2) is 38.5 Å². The van der Waals surface area contributed by atoms with Crippen molar-refractivity contribution in [3.05, 3.63) is 40.7 Å². The second-order valence-electron chi connectivity index (χ2n) is 6.32. The summed E-state index contributed by atoms with van der Waals surface area (Å²) in [6.07, 6.45) is 5.16. The lowest BCUT2D eigenvalue weighted by atomic mass is 9.99. The number of nitrogens with zero attached hydrogens (tertiary/aromatic N) is 4. The number of aromatic nitrogens is 3. The van der Waals surface area contributed by atoms with Gasteiger partial charge in [-0.2, -0.15) is 0 Å². The Balaban J connectivity index is 1.86. The first-order valence-electron chi connectivity index (χ1n) is 8.30. The molecular weight excluding hydrogens is 326 g/mol. The van der Waals surface area contributed by atoms with Crippen LogP contribution in [0.3, 0.4) is 0 Å². The molecule has 1 fully saturated rings. The molecule has 0 spiro atoms. The molecule has 6 nitrogen and oxygen atoms in total. The van der Waals surface area contributed by atoms with E-state index >= 15 is 0 Å². The maximum atomic E-state index is 12.0. The zero-order chi connectivity index (χ0) is 17.3. The molecule has 0 aromatic carbocycles. The summed E-state index contributed by atoms with van der Waals surface area (Å²) in [5.74, 6) is 0.912. The maximum absolute atomic E-state index is 12.0. The van der Waals surface area contributed by atoms with E-state index in [0.717, 1.165) is 25.3 Å². The lowest BCUT2D eigenvalue weighted by Crippen LogP contribution is -2.35. The number of imidazole rings is 1. The van der Waals surface area contributed by atoms with Gasteiger partial charge in [0.2, 0.25) is 0 Å². The van der Waals surface area contributed by atoms with Gasteiger partial charge in [0.05, 0.1) is 18.8 Å². The van der Waals surface area contributed by atoms with Crippen LogP contribution in [-0.2, 0) is 20.6 Å². The van der Waals surface area contributed by atoms with Crippen molar-refractivity contribution in [2.75, 3.05) is 13.6 Å². The molecule has 3 rings (SSSR count). The molecule has 0 saturated carbocycles. The Morgan fingerprint density at radius 1 is 1.33 bits per heavy atom. The molecular formula is C17H24ClN5O. The fraction of sp³-hybridized carbons (Fsp3) is 0.529. The zero-order valence-corrected chi connectivity index (χ0v) is 15.2. The fourth-order valence-electron chi connectivity index (χ4n) is 3.49. The second kappa shape index (κ2) is 6.99. The van der Waals surface area contributed by atoms with Gasteiger partial charge in [-0.3, -0.25) is 9.69 Å². The van der Waals surface area contributed by atoms with Crippen LogP contribution in [0.2, 0.25) is 5.15 Å². The van der Waals surface area contributed by atoms with Crippen LogP contribution in [0.15, 0.2) is 18.3 Å². The standard InChI is InChI=1S/C17H24ClN5O/c1-19-17(24)14-8-7-12(21(14)2)13-6-4-5-9-23(13)11-16-20-10-15(18)22(16)3/h7-8,10,13H,4-6,9,11H2,1-3H3,(H,19,24)/t13-/m1/s1. The highest BCUT2D eigenvalue weighted by Crippen LogP contribution is 2.33. The van der Waals surface area contributed by atoms with Crippen LogP contribution < -0.4 is 5.32 Å². The van der Waals surface area contributed by atoms with Crippen LogP contribution in [0.4, 0.5) is 0 Å². The molecule has 24 heavy (non-hydrogen) atoms. The maximum Gasteiger partial charge on any atom is 0.267 e. The number of piperidine rings is 1. The average molecular weight is 350 g/mol. The molecule has 1 saturated heterocycles. The Morgan fingerprint density at radius 2 is 2.12 bits per heavy atom. The van der Waals surface area contributed by atoms with Gasteiger partial charge < -0.3 is 14.5 Å². The predicted octanol–water partition coefficient (Wildman–Crippen LogP) is 2.50. The number of nitrogens with one attached hydrogen (secondary N) is 1. The number of rotatable bonds is 4. The Kier molecular flexibility index (Phi) is 4.96. The van der Waals surface area contributed by atoms with E-state index in [1.807, 2.05) is 29.3 Å². The van der Waals surface area contributed by atoms with Crippen LogP contribution >= 0.6 is 11.6 Å². The number of amides is 1. The van der Waals surface area contributed by atoms with Crippen molar-refractivity contribution in [2.24, 2.45) is 14.1 Å². The van der Waals surface area contributed by atoms with Gasteiger partial charge in [0.1, 0.15) is 16.7 Å². The summed E-state index contributed by atoms with van der Waals surface area (Å²) in [5.41, 5.74) is 1.87. The van der Waals surface area contributed by atoms with Gasteiger partial charge in [0.25, 0.3) is 5.91 Å². The van der Waals surface area contributed by atoms with Gasteiger partial charge in [-0.1, -0.05) is 18.0 Å². The van der Waals surface area contributed by atoms with Crippen LogP contribution in [0.25, 0.3) is 0 Å². The number of halogens is 1. The molecule has 7 heteroatoms. The van der Waals surface area contributed by atoms with E-state index in [1.165, 1.54) is 18.5 Å². The third-order valence-electron chi connectivity index (χ3n) is 4.95. The molecule has 1 N–H and O–H groups in total. The van der Waals surface area contributed by atoms with Gasteiger partial charge in [-0.25, -0.2) is 4.98 Å². The third kappa shape index (κ3) is 3.08. The highest BCUT2D eigenvalue weighted by atomic mass is 35.5. The smallest absolute Gasteiger partial charge is 0.267 e. The van der Waals surface area contributed by atoms with Crippen molar-refractivity contribution >= 4 is 17.5 Å². The number of hydrogen-bond acceptors (Lipinski definition) is 3. The van der Waals surface area contributed by atoms with Crippen molar-refractivity contribution in [3.8, 4) is 0 Å². The SMILES string of the molecule is CNC(=O)c1ccc([C@H]2CCCCN2Cc2ncc(Cl)n2C)n1C. The molecule has 0 bridgehead atoms. The van der Waals surface area contributed by atoms with Crippen molar-refractivity contribution in [3.63, 3.8) is 0 Å². The molecule has 0 unspecified atom stereocenters. The largest absolute Gasteiger partial charge is 0.354 e. The molecule has 1 aliphatic rings. The minimum absolute atomic E-state index is 0.0537. The van der Waals surface area contributed by atoms with Crippen molar-refractivity contribution in [1.82, 2.24) is 24.3 Å². The quantitative estimate of drug-likeness (QED) is 0.922.